The predicted molar refractivity (Wildman–Crippen MR) is 122 cm³/mol. The normalized spacial score (nSPS) is 14.9. The molecule has 0 saturated heterocycles. The van der Waals surface area contributed by atoms with Gasteiger partial charge in [-0.15, -0.1) is 12.6 Å². The van der Waals surface area contributed by atoms with Crippen molar-refractivity contribution in [2.24, 2.45) is 0 Å². The minimum Gasteiger partial charge on any atom is -0.281 e. The Bertz CT molecular complexity index is 1040. The first kappa shape index (κ1) is 34.9. The molecule has 0 amide bonds. The fraction of sp³-hybridized carbons (Fsp3) is 0.727. The van der Waals surface area contributed by atoms with Crippen LogP contribution in [-0.4, -0.2) is 36.2 Å². The summed E-state index contributed by atoms with van der Waals surface area (Å²) in [7, 11) is -7.17. The third kappa shape index (κ3) is 6.83. The molecule has 0 atom stereocenters. The van der Waals surface area contributed by atoms with E-state index in [-0.39, 0.29) is 16.2 Å². The standard InChI is InChI=1S/C18H30S.C4HF9O3S/c1-16(2,3)12-10-11-13(19)15(18(7,8)9)14(12)17(4,5)6;5-1(6,3(9,10)11)2(7,8)4(12,13)17(14,15)16/h10-11,19H,1-9H3;(H,14,15,16). The van der Waals surface area contributed by atoms with Crippen LogP contribution in [0.3, 0.4) is 0 Å². The van der Waals surface area contributed by atoms with Gasteiger partial charge in [0.25, 0.3) is 0 Å². The van der Waals surface area contributed by atoms with Crippen molar-refractivity contribution in [3.05, 3.63) is 28.8 Å². The van der Waals surface area contributed by atoms with E-state index in [1.807, 2.05) is 0 Å². The molecule has 0 aliphatic carbocycles. The summed E-state index contributed by atoms with van der Waals surface area (Å²) in [6.07, 6.45) is -7.13. The van der Waals surface area contributed by atoms with Crippen LogP contribution in [-0.2, 0) is 26.4 Å². The Morgan fingerprint density at radius 2 is 1.00 bits per heavy atom. The van der Waals surface area contributed by atoms with Crippen LogP contribution in [0.15, 0.2) is 17.0 Å². The second-order valence-corrected chi connectivity index (χ2v) is 13.2. The highest BCUT2D eigenvalue weighted by Crippen LogP contribution is 2.54. The summed E-state index contributed by atoms with van der Waals surface area (Å²) in [5, 5.41) is -7.00. The van der Waals surface area contributed by atoms with E-state index in [0.29, 0.717) is 0 Å². The molecule has 3 nitrogen and oxygen atoms in total. The summed E-state index contributed by atoms with van der Waals surface area (Å²) in [5.41, 5.74) is 4.72. The van der Waals surface area contributed by atoms with Crippen LogP contribution < -0.4 is 0 Å². The Balaban J connectivity index is 0.000000686. The molecule has 0 radical (unpaired) electrons. The van der Waals surface area contributed by atoms with Crippen molar-refractivity contribution in [3.8, 4) is 0 Å². The van der Waals surface area contributed by atoms with Crippen LogP contribution in [0.4, 0.5) is 39.5 Å². The summed E-state index contributed by atoms with van der Waals surface area (Å²) in [5.74, 6) is -14.7. The molecular formula is C22H31F9O3S2. The van der Waals surface area contributed by atoms with Gasteiger partial charge >= 0.3 is 33.4 Å². The van der Waals surface area contributed by atoms with Gasteiger partial charge in [0, 0.05) is 4.90 Å². The van der Waals surface area contributed by atoms with Gasteiger partial charge in [-0.2, -0.15) is 47.9 Å². The Morgan fingerprint density at radius 1 is 0.639 bits per heavy atom. The molecule has 14 heteroatoms. The SMILES string of the molecule is CC(C)(C)c1ccc(S)c(C(C)(C)C)c1C(C)(C)C.O=S(=O)(O)C(F)(F)C(F)(F)C(F)(F)C(F)(F)F. The van der Waals surface area contributed by atoms with Crippen LogP contribution in [0.1, 0.15) is 79.0 Å². The van der Waals surface area contributed by atoms with Crippen molar-refractivity contribution >= 4 is 22.7 Å². The molecule has 1 rings (SSSR count). The third-order valence-electron chi connectivity index (χ3n) is 4.93. The monoisotopic (exact) mass is 578 g/mol. The maximum atomic E-state index is 12.2. The zero-order valence-electron chi connectivity index (χ0n) is 21.2. The van der Waals surface area contributed by atoms with Gasteiger partial charge in [-0.25, -0.2) is 0 Å². The zero-order chi connectivity index (χ0) is 29.7. The van der Waals surface area contributed by atoms with Crippen molar-refractivity contribution in [1.29, 1.82) is 0 Å². The van der Waals surface area contributed by atoms with Crippen molar-refractivity contribution in [2.45, 2.75) is 107 Å². The van der Waals surface area contributed by atoms with E-state index in [4.69, 9.17) is 17.2 Å². The van der Waals surface area contributed by atoms with E-state index in [1.54, 1.807) is 0 Å². The number of rotatable bonds is 3. The fourth-order valence-electron chi connectivity index (χ4n) is 3.28. The second-order valence-electron chi connectivity index (χ2n) is 11.3. The lowest BCUT2D eigenvalue weighted by atomic mass is 9.69. The minimum absolute atomic E-state index is 0.112. The number of hydrogen-bond donors (Lipinski definition) is 2. The molecule has 1 N–H and O–H groups in total. The molecule has 1 aromatic carbocycles. The number of benzene rings is 1. The maximum Gasteiger partial charge on any atom is 0.460 e. The molecule has 0 fully saturated rings. The molecule has 0 aromatic heterocycles. The first-order chi connectivity index (χ1) is 15.3. The summed E-state index contributed by atoms with van der Waals surface area (Å²) in [6, 6.07) is 4.43. The molecule has 0 aliphatic rings. The molecule has 1 aromatic rings. The summed E-state index contributed by atoms with van der Waals surface area (Å²) in [4.78, 5) is 1.12. The van der Waals surface area contributed by atoms with Gasteiger partial charge in [0.15, 0.2) is 0 Å². The smallest absolute Gasteiger partial charge is 0.281 e. The van der Waals surface area contributed by atoms with Gasteiger partial charge in [0.2, 0.25) is 0 Å². The van der Waals surface area contributed by atoms with E-state index in [9.17, 15) is 47.9 Å². The van der Waals surface area contributed by atoms with Crippen molar-refractivity contribution < 1.29 is 52.5 Å². The minimum atomic E-state index is -7.37. The van der Waals surface area contributed by atoms with Gasteiger partial charge in [-0.3, -0.25) is 4.55 Å². The van der Waals surface area contributed by atoms with Crippen LogP contribution in [0, 0.1) is 0 Å². The average molecular weight is 579 g/mol. The molecule has 0 spiro atoms. The molecule has 0 bridgehead atoms. The fourth-order valence-corrected chi connectivity index (χ4v) is 4.25. The Hall–Kier alpha value is -1.15. The van der Waals surface area contributed by atoms with Gasteiger partial charge in [0.05, 0.1) is 0 Å². The lowest BCUT2D eigenvalue weighted by molar-refractivity contribution is -0.382. The lowest BCUT2D eigenvalue weighted by Crippen LogP contribution is -2.63. The molecule has 0 saturated carbocycles. The van der Waals surface area contributed by atoms with Gasteiger partial charge in [-0.1, -0.05) is 68.4 Å². The quantitative estimate of drug-likeness (QED) is 0.216. The predicted octanol–water partition coefficient (Wildman–Crippen LogP) is 8.17. The molecule has 0 unspecified atom stereocenters. The molecule has 212 valence electrons. The van der Waals surface area contributed by atoms with Crippen LogP contribution in [0.5, 0.6) is 0 Å². The van der Waals surface area contributed by atoms with Gasteiger partial charge in [0.1, 0.15) is 0 Å². The van der Waals surface area contributed by atoms with Crippen molar-refractivity contribution in [3.63, 3.8) is 0 Å². The number of thiol groups is 1. The first-order valence-corrected chi connectivity index (χ1v) is 12.2. The number of alkyl halides is 9. The van der Waals surface area contributed by atoms with E-state index in [0.717, 1.165) is 4.90 Å². The Kier molecular flexibility index (Phi) is 9.55. The van der Waals surface area contributed by atoms with Crippen LogP contribution >= 0.6 is 12.6 Å². The molecule has 36 heavy (non-hydrogen) atoms. The highest BCUT2D eigenvalue weighted by atomic mass is 32.2. The van der Waals surface area contributed by atoms with Crippen molar-refractivity contribution in [1.82, 2.24) is 0 Å². The third-order valence-corrected chi connectivity index (χ3v) is 6.21. The lowest BCUT2D eigenvalue weighted by Gasteiger charge is -2.37. The zero-order valence-corrected chi connectivity index (χ0v) is 22.9. The van der Waals surface area contributed by atoms with E-state index >= 15 is 0 Å². The van der Waals surface area contributed by atoms with Gasteiger partial charge in [-0.05, 0) is 39.0 Å². The molecule has 0 heterocycles. The summed E-state index contributed by atoms with van der Waals surface area (Å²) >= 11 is 4.74. The van der Waals surface area contributed by atoms with Crippen LogP contribution in [0.25, 0.3) is 0 Å². The molecule has 0 aliphatic heterocycles. The van der Waals surface area contributed by atoms with E-state index < -0.39 is 33.4 Å². The summed E-state index contributed by atoms with van der Waals surface area (Å²) in [6.45, 7) is 20.6. The largest absolute Gasteiger partial charge is 0.460 e. The van der Waals surface area contributed by atoms with E-state index in [1.165, 1.54) is 16.7 Å². The Labute approximate surface area is 211 Å². The Morgan fingerprint density at radius 3 is 1.25 bits per heavy atom. The highest BCUT2D eigenvalue weighted by Gasteiger charge is 2.85. The molecular weight excluding hydrogens is 547 g/mol. The van der Waals surface area contributed by atoms with Crippen molar-refractivity contribution in [2.75, 3.05) is 0 Å². The number of halogens is 9. The van der Waals surface area contributed by atoms with Gasteiger partial charge < -0.3 is 0 Å². The average Bonchev–Trinajstić information content (AvgIpc) is 2.56. The topological polar surface area (TPSA) is 54.4 Å². The number of hydrogen-bond acceptors (Lipinski definition) is 3. The maximum absolute atomic E-state index is 12.2. The summed E-state index contributed by atoms with van der Waals surface area (Å²) < 4.78 is 134. The van der Waals surface area contributed by atoms with Crippen LogP contribution in [0.2, 0.25) is 0 Å². The second kappa shape index (κ2) is 9.87. The highest BCUT2D eigenvalue weighted by molar-refractivity contribution is 7.87. The first-order valence-electron chi connectivity index (χ1n) is 10.3. The van der Waals surface area contributed by atoms with E-state index in [2.05, 4.69) is 74.4 Å².